The summed E-state index contributed by atoms with van der Waals surface area (Å²) in [5, 5.41) is 4.55. The van der Waals surface area contributed by atoms with Gasteiger partial charge in [0, 0.05) is 22.7 Å². The van der Waals surface area contributed by atoms with E-state index in [4.69, 9.17) is 4.74 Å². The average molecular weight is 257 g/mol. The van der Waals surface area contributed by atoms with Gasteiger partial charge in [0.15, 0.2) is 5.06 Å². The van der Waals surface area contributed by atoms with E-state index in [1.54, 1.807) is 18.4 Å². The lowest BCUT2D eigenvalue weighted by Gasteiger charge is -2.22. The first-order valence-corrected chi connectivity index (χ1v) is 7.49. The maximum absolute atomic E-state index is 5.18. The molecule has 1 unspecified atom stereocenters. The van der Waals surface area contributed by atoms with Gasteiger partial charge in [0.1, 0.15) is 0 Å². The van der Waals surface area contributed by atoms with Crippen LogP contribution < -0.4 is 10.1 Å². The van der Waals surface area contributed by atoms with E-state index in [0.717, 1.165) is 18.2 Å². The maximum atomic E-state index is 5.18. The highest BCUT2D eigenvalue weighted by atomic mass is 32.2. The van der Waals surface area contributed by atoms with Crippen molar-refractivity contribution in [3.05, 3.63) is 17.0 Å². The molecule has 1 aliphatic heterocycles. The third-order valence-electron chi connectivity index (χ3n) is 2.94. The topological polar surface area (TPSA) is 21.3 Å². The highest BCUT2D eigenvalue weighted by Gasteiger charge is 2.28. The number of hydrogen-bond donors (Lipinski definition) is 1. The van der Waals surface area contributed by atoms with Crippen LogP contribution in [0.5, 0.6) is 5.06 Å². The number of thiophene rings is 1. The predicted molar refractivity (Wildman–Crippen MR) is 72.7 cm³/mol. The summed E-state index contributed by atoms with van der Waals surface area (Å²) in [6, 6.07) is 4.17. The molecule has 0 radical (unpaired) electrons. The van der Waals surface area contributed by atoms with E-state index in [-0.39, 0.29) is 0 Å². The van der Waals surface area contributed by atoms with Gasteiger partial charge in [0.2, 0.25) is 0 Å². The number of thioether (sulfide) groups is 1. The molecule has 0 amide bonds. The fraction of sp³-hybridized carbons (Fsp3) is 0.667. The standard InChI is InChI=1S/C12H19NOS2/c1-12(6-3-7-15-12)9-13-8-10-4-5-11(14-2)16-10/h4-5,13H,3,6-9H2,1-2H3. The Morgan fingerprint density at radius 1 is 1.50 bits per heavy atom. The summed E-state index contributed by atoms with van der Waals surface area (Å²) in [6.07, 6.45) is 2.72. The molecule has 1 aliphatic rings. The number of nitrogens with one attached hydrogen (secondary N) is 1. The van der Waals surface area contributed by atoms with Crippen LogP contribution >= 0.6 is 23.1 Å². The van der Waals surface area contributed by atoms with E-state index in [0.29, 0.717) is 4.75 Å². The van der Waals surface area contributed by atoms with Gasteiger partial charge in [-0.25, -0.2) is 0 Å². The van der Waals surface area contributed by atoms with Crippen molar-refractivity contribution in [3.63, 3.8) is 0 Å². The lowest BCUT2D eigenvalue weighted by Crippen LogP contribution is -2.32. The first kappa shape index (κ1) is 12.3. The summed E-state index contributed by atoms with van der Waals surface area (Å²) in [5.41, 5.74) is 0. The van der Waals surface area contributed by atoms with Gasteiger partial charge in [0.25, 0.3) is 0 Å². The zero-order chi connectivity index (χ0) is 11.4. The van der Waals surface area contributed by atoms with E-state index in [1.165, 1.54) is 23.5 Å². The third kappa shape index (κ3) is 3.15. The van der Waals surface area contributed by atoms with Gasteiger partial charge >= 0.3 is 0 Å². The molecule has 1 N–H and O–H groups in total. The molecule has 1 saturated heterocycles. The van der Waals surface area contributed by atoms with E-state index < -0.39 is 0 Å². The Hall–Kier alpha value is -0.190. The Bertz CT molecular complexity index is 332. The number of hydrogen-bond acceptors (Lipinski definition) is 4. The molecule has 90 valence electrons. The third-order valence-corrected chi connectivity index (χ3v) is 5.52. The van der Waals surface area contributed by atoms with E-state index >= 15 is 0 Å². The SMILES string of the molecule is COc1ccc(CNCC2(C)CCCS2)s1. The van der Waals surface area contributed by atoms with Gasteiger partial charge in [-0.15, -0.1) is 11.3 Å². The summed E-state index contributed by atoms with van der Waals surface area (Å²) in [6.45, 7) is 4.44. The van der Waals surface area contributed by atoms with Crippen molar-refractivity contribution in [2.75, 3.05) is 19.4 Å². The summed E-state index contributed by atoms with van der Waals surface area (Å²) >= 11 is 3.83. The van der Waals surface area contributed by atoms with Crippen molar-refractivity contribution >= 4 is 23.1 Å². The second-order valence-electron chi connectivity index (χ2n) is 4.43. The van der Waals surface area contributed by atoms with Gasteiger partial charge in [-0.2, -0.15) is 11.8 Å². The molecule has 0 bridgehead atoms. The lowest BCUT2D eigenvalue weighted by molar-refractivity contribution is 0.427. The second-order valence-corrected chi connectivity index (χ2v) is 7.24. The predicted octanol–water partition coefficient (Wildman–Crippen LogP) is 3.13. The first-order valence-electron chi connectivity index (χ1n) is 5.69. The monoisotopic (exact) mass is 257 g/mol. The molecule has 2 rings (SSSR count). The van der Waals surface area contributed by atoms with Gasteiger partial charge < -0.3 is 10.1 Å². The number of rotatable bonds is 5. The van der Waals surface area contributed by atoms with Crippen LogP contribution in [0.4, 0.5) is 0 Å². The molecular weight excluding hydrogens is 238 g/mol. The summed E-state index contributed by atoms with van der Waals surface area (Å²) in [7, 11) is 1.72. The molecular formula is C12H19NOS2. The van der Waals surface area contributed by atoms with Crippen molar-refractivity contribution in [1.29, 1.82) is 0 Å². The minimum atomic E-state index is 0.460. The number of ether oxygens (including phenoxy) is 1. The average Bonchev–Trinajstić information content (AvgIpc) is 2.88. The first-order chi connectivity index (χ1) is 7.72. The van der Waals surface area contributed by atoms with E-state index in [9.17, 15) is 0 Å². The van der Waals surface area contributed by atoms with Crippen LogP contribution in [0.3, 0.4) is 0 Å². The Morgan fingerprint density at radius 3 is 3.00 bits per heavy atom. The van der Waals surface area contributed by atoms with Gasteiger partial charge in [-0.3, -0.25) is 0 Å². The Labute approximate surface area is 106 Å². The molecule has 0 spiro atoms. The van der Waals surface area contributed by atoms with Crippen LogP contribution in [0.2, 0.25) is 0 Å². The normalized spacial score (nSPS) is 24.9. The fourth-order valence-electron chi connectivity index (χ4n) is 1.99. The maximum Gasteiger partial charge on any atom is 0.173 e. The highest BCUT2D eigenvalue weighted by Crippen LogP contribution is 2.37. The molecule has 16 heavy (non-hydrogen) atoms. The Morgan fingerprint density at radius 2 is 2.38 bits per heavy atom. The molecule has 1 aromatic rings. The zero-order valence-electron chi connectivity index (χ0n) is 9.91. The zero-order valence-corrected chi connectivity index (χ0v) is 11.5. The molecule has 2 heterocycles. The van der Waals surface area contributed by atoms with Crippen LogP contribution in [0.1, 0.15) is 24.6 Å². The van der Waals surface area contributed by atoms with E-state index in [2.05, 4.69) is 30.1 Å². The smallest absolute Gasteiger partial charge is 0.173 e. The van der Waals surface area contributed by atoms with Crippen LogP contribution in [-0.2, 0) is 6.54 Å². The summed E-state index contributed by atoms with van der Waals surface area (Å²) < 4.78 is 5.64. The van der Waals surface area contributed by atoms with Crippen molar-refractivity contribution < 1.29 is 4.74 Å². The minimum Gasteiger partial charge on any atom is -0.487 e. The molecule has 2 nitrogen and oxygen atoms in total. The van der Waals surface area contributed by atoms with E-state index in [1.807, 2.05) is 6.07 Å². The minimum absolute atomic E-state index is 0.460. The van der Waals surface area contributed by atoms with Crippen LogP contribution in [0.25, 0.3) is 0 Å². The molecule has 1 aromatic heterocycles. The highest BCUT2D eigenvalue weighted by molar-refractivity contribution is 8.00. The van der Waals surface area contributed by atoms with Crippen LogP contribution in [-0.4, -0.2) is 24.2 Å². The molecule has 0 saturated carbocycles. The second kappa shape index (κ2) is 5.43. The van der Waals surface area contributed by atoms with Crippen molar-refractivity contribution in [2.24, 2.45) is 0 Å². The molecule has 0 aromatic carbocycles. The molecule has 1 fully saturated rings. The van der Waals surface area contributed by atoms with Crippen LogP contribution in [0.15, 0.2) is 12.1 Å². The quantitative estimate of drug-likeness (QED) is 0.875. The lowest BCUT2D eigenvalue weighted by atomic mass is 10.1. The molecule has 0 aliphatic carbocycles. The molecule has 4 heteroatoms. The summed E-state index contributed by atoms with van der Waals surface area (Å²) in [4.78, 5) is 1.35. The molecule has 1 atom stereocenters. The van der Waals surface area contributed by atoms with Gasteiger partial charge in [0.05, 0.1) is 7.11 Å². The van der Waals surface area contributed by atoms with Crippen molar-refractivity contribution in [1.82, 2.24) is 5.32 Å². The largest absolute Gasteiger partial charge is 0.487 e. The van der Waals surface area contributed by atoms with Crippen molar-refractivity contribution in [3.8, 4) is 5.06 Å². The summed E-state index contributed by atoms with van der Waals surface area (Å²) in [5.74, 6) is 1.32. The van der Waals surface area contributed by atoms with Crippen molar-refractivity contribution in [2.45, 2.75) is 31.1 Å². The van der Waals surface area contributed by atoms with Gasteiger partial charge in [-0.1, -0.05) is 0 Å². The fourth-order valence-corrected chi connectivity index (χ4v) is 4.05. The Balaban J connectivity index is 1.75. The van der Waals surface area contributed by atoms with Crippen LogP contribution in [0, 0.1) is 0 Å². The number of methoxy groups -OCH3 is 1. The Kier molecular flexibility index (Phi) is 4.16. The van der Waals surface area contributed by atoms with Gasteiger partial charge in [-0.05, 0) is 37.7 Å².